The highest BCUT2D eigenvalue weighted by Gasteiger charge is 2.21. The fraction of sp³-hybridized carbons (Fsp3) is 0.467. The largest absolute Gasteiger partial charge is 0.491 e. The van der Waals surface area contributed by atoms with E-state index < -0.39 is 12.2 Å². The van der Waals surface area contributed by atoms with E-state index in [0.29, 0.717) is 30.3 Å². The normalized spacial score (nSPS) is 14.2. The Morgan fingerprint density at radius 2 is 1.38 bits per heavy atom. The average molecular weight is 537 g/mol. The van der Waals surface area contributed by atoms with E-state index in [1.807, 2.05) is 45.9 Å². The number of ether oxygens (including phenoxy) is 2. The number of aromatic nitrogens is 2. The van der Waals surface area contributed by atoms with Crippen LogP contribution in [0.1, 0.15) is 38.8 Å². The molecule has 0 saturated carbocycles. The van der Waals surface area contributed by atoms with Gasteiger partial charge in [0.25, 0.3) is 5.56 Å². The van der Waals surface area contributed by atoms with Gasteiger partial charge in [0.15, 0.2) is 0 Å². The predicted octanol–water partition coefficient (Wildman–Crippen LogP) is 2.47. The lowest BCUT2D eigenvalue weighted by atomic mass is 9.89. The van der Waals surface area contributed by atoms with Gasteiger partial charge in [-0.2, -0.15) is 9.78 Å². The molecule has 0 fully saturated rings. The van der Waals surface area contributed by atoms with E-state index in [4.69, 9.17) is 14.6 Å². The first-order valence-corrected chi connectivity index (χ1v) is 13.6. The molecule has 4 rings (SSSR count). The fourth-order valence-corrected chi connectivity index (χ4v) is 4.38. The Balaban J connectivity index is 1.48. The van der Waals surface area contributed by atoms with Crippen molar-refractivity contribution < 1.29 is 19.7 Å². The van der Waals surface area contributed by atoms with E-state index in [1.165, 1.54) is 4.68 Å². The molecule has 9 nitrogen and oxygen atoms in total. The molecule has 2 aromatic carbocycles. The summed E-state index contributed by atoms with van der Waals surface area (Å²) >= 11 is 0. The van der Waals surface area contributed by atoms with Crippen molar-refractivity contribution in [2.45, 2.75) is 64.8 Å². The number of benzene rings is 2. The van der Waals surface area contributed by atoms with Crippen LogP contribution in [0.2, 0.25) is 0 Å². The zero-order chi connectivity index (χ0) is 27.9. The molecule has 0 spiro atoms. The van der Waals surface area contributed by atoms with Gasteiger partial charge in [0.05, 0.1) is 11.4 Å². The first-order valence-electron chi connectivity index (χ1n) is 13.6. The maximum atomic E-state index is 13.0. The predicted molar refractivity (Wildman–Crippen MR) is 152 cm³/mol. The third-order valence-electron chi connectivity index (χ3n) is 6.50. The van der Waals surface area contributed by atoms with Gasteiger partial charge in [0, 0.05) is 36.8 Å². The van der Waals surface area contributed by atoms with Crippen LogP contribution in [0.3, 0.4) is 0 Å². The van der Waals surface area contributed by atoms with E-state index in [9.17, 15) is 15.0 Å². The second kappa shape index (κ2) is 13.2. The lowest BCUT2D eigenvalue weighted by Crippen LogP contribution is -2.35. The number of hydrogen-bond acceptors (Lipinski definition) is 8. The van der Waals surface area contributed by atoms with Crippen LogP contribution >= 0.6 is 0 Å². The molecule has 9 heteroatoms. The Kier molecular flexibility index (Phi) is 9.74. The second-order valence-electron chi connectivity index (χ2n) is 10.6. The van der Waals surface area contributed by atoms with Gasteiger partial charge in [0.1, 0.15) is 36.9 Å². The number of fused-ring (bicyclic) bond motifs is 3. The highest BCUT2D eigenvalue weighted by Crippen LogP contribution is 2.34. The average Bonchev–Trinajstić information content (AvgIpc) is 2.92. The molecule has 39 heavy (non-hydrogen) atoms. The molecule has 3 aromatic rings. The molecule has 0 aliphatic heterocycles. The van der Waals surface area contributed by atoms with Crippen molar-refractivity contribution >= 4 is 0 Å². The fourth-order valence-electron chi connectivity index (χ4n) is 4.38. The minimum absolute atomic E-state index is 0.169. The molecular weight excluding hydrogens is 496 g/mol. The molecule has 210 valence electrons. The topological polar surface area (TPSA) is 118 Å². The van der Waals surface area contributed by atoms with E-state index in [2.05, 4.69) is 10.6 Å². The number of nitrogens with zero attached hydrogens (tertiary/aromatic N) is 2. The number of rotatable bonds is 13. The zero-order valence-corrected chi connectivity index (χ0v) is 23.2. The van der Waals surface area contributed by atoms with Gasteiger partial charge in [0.2, 0.25) is 0 Å². The van der Waals surface area contributed by atoms with Crippen LogP contribution < -0.4 is 25.7 Å². The van der Waals surface area contributed by atoms with Gasteiger partial charge >= 0.3 is 0 Å². The van der Waals surface area contributed by atoms with Crippen molar-refractivity contribution in [2.24, 2.45) is 0 Å². The summed E-state index contributed by atoms with van der Waals surface area (Å²) < 4.78 is 13.0. The highest BCUT2D eigenvalue weighted by atomic mass is 16.5. The van der Waals surface area contributed by atoms with Crippen molar-refractivity contribution in [3.05, 3.63) is 70.0 Å². The number of aliphatic hydroxyl groups excluding tert-OH is 2. The molecule has 0 amide bonds. The van der Waals surface area contributed by atoms with Crippen LogP contribution in [0.15, 0.2) is 53.3 Å². The van der Waals surface area contributed by atoms with Gasteiger partial charge in [-0.15, -0.1) is 0 Å². The molecule has 1 aliphatic rings. The Morgan fingerprint density at radius 1 is 0.821 bits per heavy atom. The maximum absolute atomic E-state index is 13.0. The SMILES string of the molecule is CC(C)NCC(O)COc1ccc(-n2nc3c(cc2=O)CCc2ccc(OCC(O)CNC(C)C)cc2-3)cc1. The molecule has 0 saturated heterocycles. The monoisotopic (exact) mass is 536 g/mol. The van der Waals surface area contributed by atoms with Gasteiger partial charge in [-0.25, -0.2) is 0 Å². The quantitative estimate of drug-likeness (QED) is 0.263. The summed E-state index contributed by atoms with van der Waals surface area (Å²) in [5.41, 5.74) is 4.16. The van der Waals surface area contributed by atoms with Gasteiger partial charge in [-0.1, -0.05) is 33.8 Å². The van der Waals surface area contributed by atoms with Crippen molar-refractivity contribution in [3.8, 4) is 28.4 Å². The molecule has 1 heterocycles. The minimum atomic E-state index is -0.620. The van der Waals surface area contributed by atoms with E-state index in [-0.39, 0.29) is 30.9 Å². The summed E-state index contributed by atoms with van der Waals surface area (Å²) in [5.74, 6) is 1.25. The summed E-state index contributed by atoms with van der Waals surface area (Å²) in [6.07, 6.45) is 0.322. The second-order valence-corrected chi connectivity index (χ2v) is 10.6. The lowest BCUT2D eigenvalue weighted by molar-refractivity contribution is 0.104. The molecule has 1 aromatic heterocycles. The summed E-state index contributed by atoms with van der Waals surface area (Å²) in [6.45, 7) is 9.36. The number of aliphatic hydroxyl groups is 2. The minimum Gasteiger partial charge on any atom is -0.491 e. The Labute approximate surface area is 229 Å². The van der Waals surface area contributed by atoms with Crippen LogP contribution in [0.25, 0.3) is 16.9 Å². The molecule has 0 bridgehead atoms. The van der Waals surface area contributed by atoms with Crippen LogP contribution in [0.5, 0.6) is 11.5 Å². The highest BCUT2D eigenvalue weighted by molar-refractivity contribution is 5.70. The Morgan fingerprint density at radius 3 is 2.00 bits per heavy atom. The van der Waals surface area contributed by atoms with Crippen LogP contribution in [0, 0.1) is 0 Å². The van der Waals surface area contributed by atoms with Crippen LogP contribution in [-0.2, 0) is 12.8 Å². The molecule has 1 aliphatic carbocycles. The Bertz CT molecular complexity index is 1290. The first kappa shape index (κ1) is 28.8. The standard InChI is InChI=1S/C30H40N4O5/c1-19(2)31-15-24(35)17-38-26-11-8-23(9-12-26)34-29(37)13-22-6-5-21-7-10-27(14-28(21)30(22)33-34)39-18-25(36)16-32-20(3)4/h7-14,19-20,24-25,31-32,35-36H,5-6,15-18H2,1-4H3. The third kappa shape index (κ3) is 7.89. The number of aryl methyl sites for hydroxylation is 2. The van der Waals surface area contributed by atoms with Crippen molar-refractivity contribution in [2.75, 3.05) is 26.3 Å². The van der Waals surface area contributed by atoms with Crippen LogP contribution in [-0.4, -0.2) is 70.6 Å². The summed E-state index contributed by atoms with van der Waals surface area (Å²) in [6, 6.07) is 15.2. The van der Waals surface area contributed by atoms with E-state index >= 15 is 0 Å². The Hall–Kier alpha value is -3.24. The van der Waals surface area contributed by atoms with Crippen LogP contribution in [0.4, 0.5) is 0 Å². The van der Waals surface area contributed by atoms with Crippen molar-refractivity contribution in [3.63, 3.8) is 0 Å². The summed E-state index contributed by atoms with van der Waals surface area (Å²) in [5, 5.41) is 31.4. The van der Waals surface area contributed by atoms with Crippen molar-refractivity contribution in [1.82, 2.24) is 20.4 Å². The van der Waals surface area contributed by atoms with Gasteiger partial charge < -0.3 is 30.3 Å². The molecule has 2 unspecified atom stereocenters. The molecule has 4 N–H and O–H groups in total. The van der Waals surface area contributed by atoms with Gasteiger partial charge in [-0.05, 0) is 60.4 Å². The molecule has 2 atom stereocenters. The third-order valence-corrected chi connectivity index (χ3v) is 6.50. The lowest BCUT2D eigenvalue weighted by Gasteiger charge is -2.21. The molecule has 0 radical (unpaired) electrons. The maximum Gasteiger partial charge on any atom is 0.271 e. The van der Waals surface area contributed by atoms with Crippen molar-refractivity contribution in [1.29, 1.82) is 0 Å². The molecular formula is C30H40N4O5. The smallest absolute Gasteiger partial charge is 0.271 e. The number of hydrogen-bond donors (Lipinski definition) is 4. The summed E-state index contributed by atoms with van der Waals surface area (Å²) in [4.78, 5) is 13.0. The van der Waals surface area contributed by atoms with E-state index in [1.54, 1.807) is 30.3 Å². The summed E-state index contributed by atoms with van der Waals surface area (Å²) in [7, 11) is 0. The van der Waals surface area contributed by atoms with E-state index in [0.717, 1.165) is 35.2 Å². The number of nitrogens with one attached hydrogen (secondary N) is 2. The zero-order valence-electron chi connectivity index (χ0n) is 23.2. The van der Waals surface area contributed by atoms with Gasteiger partial charge in [-0.3, -0.25) is 4.79 Å². The first-order chi connectivity index (χ1) is 18.7.